The summed E-state index contributed by atoms with van der Waals surface area (Å²) in [7, 11) is 0. The van der Waals surface area contributed by atoms with Crippen LogP contribution < -0.4 is 5.32 Å². The van der Waals surface area contributed by atoms with Crippen molar-refractivity contribution < 1.29 is 4.79 Å². The average Bonchev–Trinajstić information content (AvgIpc) is 3.60. The molecule has 3 N–H and O–H groups in total. The number of pyridine rings is 2. The number of hydrogen-bond donors (Lipinski definition) is 3. The number of benzene rings is 1. The zero-order valence-electron chi connectivity index (χ0n) is 20.9. The molecule has 5 heterocycles. The highest BCUT2D eigenvalue weighted by Crippen LogP contribution is 2.35. The van der Waals surface area contributed by atoms with E-state index in [-0.39, 0.29) is 5.91 Å². The second kappa shape index (κ2) is 8.63. The lowest BCUT2D eigenvalue weighted by molar-refractivity contribution is -0.123. The fourth-order valence-electron chi connectivity index (χ4n) is 4.14. The molecule has 0 saturated carbocycles. The Labute approximate surface area is 217 Å². The third-order valence-electron chi connectivity index (χ3n) is 6.16. The third-order valence-corrected chi connectivity index (χ3v) is 7.20. The van der Waals surface area contributed by atoms with E-state index in [0.29, 0.717) is 17.2 Å². The fourth-order valence-corrected chi connectivity index (χ4v) is 5.04. The highest BCUT2D eigenvalue weighted by Gasteiger charge is 2.22. The van der Waals surface area contributed by atoms with Gasteiger partial charge in [0.25, 0.3) is 0 Å². The van der Waals surface area contributed by atoms with E-state index >= 15 is 0 Å². The van der Waals surface area contributed by atoms with Crippen molar-refractivity contribution in [1.82, 2.24) is 30.1 Å². The Balaban J connectivity index is 1.40. The van der Waals surface area contributed by atoms with Gasteiger partial charge in [0.1, 0.15) is 5.69 Å². The van der Waals surface area contributed by atoms with E-state index in [4.69, 9.17) is 4.98 Å². The summed E-state index contributed by atoms with van der Waals surface area (Å²) in [5, 5.41) is 11.5. The van der Waals surface area contributed by atoms with E-state index in [1.54, 1.807) is 29.9 Å². The first-order chi connectivity index (χ1) is 17.8. The van der Waals surface area contributed by atoms with Gasteiger partial charge in [-0.05, 0) is 37.3 Å². The summed E-state index contributed by atoms with van der Waals surface area (Å²) in [6.07, 6.45) is 5.12. The van der Waals surface area contributed by atoms with Crippen LogP contribution >= 0.6 is 11.3 Å². The molecule has 184 valence electrons. The summed E-state index contributed by atoms with van der Waals surface area (Å²) in [5.41, 5.74) is 6.12. The quantitative estimate of drug-likeness (QED) is 0.249. The van der Waals surface area contributed by atoms with Gasteiger partial charge in [-0.3, -0.25) is 19.9 Å². The molecule has 0 fully saturated rings. The van der Waals surface area contributed by atoms with Crippen molar-refractivity contribution >= 4 is 44.9 Å². The lowest BCUT2D eigenvalue weighted by Gasteiger charge is -2.17. The average molecular weight is 508 g/mol. The molecule has 0 spiro atoms. The number of hydrogen-bond acceptors (Lipinski definition) is 6. The van der Waals surface area contributed by atoms with E-state index in [1.165, 1.54) is 9.75 Å². The summed E-state index contributed by atoms with van der Waals surface area (Å²) in [6, 6.07) is 14.3. The first-order valence-corrected chi connectivity index (χ1v) is 12.7. The monoisotopic (exact) mass is 507 g/mol. The van der Waals surface area contributed by atoms with Crippen LogP contribution in [-0.2, 0) is 4.79 Å². The van der Waals surface area contributed by atoms with Crippen LogP contribution in [0.3, 0.4) is 0 Å². The second-order valence-corrected chi connectivity index (χ2v) is 11.3. The van der Waals surface area contributed by atoms with Crippen LogP contribution in [0.5, 0.6) is 0 Å². The number of rotatable bonds is 4. The zero-order chi connectivity index (χ0) is 25.7. The summed E-state index contributed by atoms with van der Waals surface area (Å²) in [4.78, 5) is 32.2. The molecule has 0 atom stereocenters. The summed E-state index contributed by atoms with van der Waals surface area (Å²) in [6.45, 7) is 7.73. The Hall–Kier alpha value is -4.37. The van der Waals surface area contributed by atoms with E-state index in [9.17, 15) is 4.79 Å². The number of imidazole rings is 1. The first-order valence-electron chi connectivity index (χ1n) is 11.9. The molecule has 0 aliphatic heterocycles. The van der Waals surface area contributed by atoms with Crippen molar-refractivity contribution in [1.29, 1.82) is 0 Å². The molecular formula is C28H25N7OS. The van der Waals surface area contributed by atoms with Crippen molar-refractivity contribution in [2.45, 2.75) is 27.7 Å². The molecule has 0 unspecified atom stereocenters. The van der Waals surface area contributed by atoms with Crippen LogP contribution in [0, 0.1) is 12.3 Å². The standard InChI is InChI=1S/C28H25N7OS/c1-15-8-9-23(37-15)18-6-5-7-20-24(18)33-26(32-20)25-19-11-21(30-14-22(19)34-35-25)16-10-17(13-29-12-16)31-27(36)28(2,3)4/h5-14H,1-4H3,(H,31,36)(H,32,33)(H,34,35). The van der Waals surface area contributed by atoms with Crippen molar-refractivity contribution in [3.8, 4) is 33.2 Å². The third kappa shape index (κ3) is 4.27. The normalized spacial score (nSPS) is 11.9. The minimum Gasteiger partial charge on any atom is -0.337 e. The minimum absolute atomic E-state index is 0.0751. The van der Waals surface area contributed by atoms with E-state index in [0.717, 1.165) is 38.8 Å². The molecular weight excluding hydrogens is 482 g/mol. The molecule has 0 aliphatic rings. The van der Waals surface area contributed by atoms with Crippen LogP contribution in [0.1, 0.15) is 25.6 Å². The fraction of sp³-hybridized carbons (Fsp3) is 0.179. The van der Waals surface area contributed by atoms with Crippen molar-refractivity contribution in [3.63, 3.8) is 0 Å². The Morgan fingerprint density at radius 3 is 2.68 bits per heavy atom. The molecule has 5 aromatic heterocycles. The van der Waals surface area contributed by atoms with Gasteiger partial charge in [0, 0.05) is 37.9 Å². The van der Waals surface area contributed by atoms with Crippen LogP contribution in [0.25, 0.3) is 55.2 Å². The molecule has 8 nitrogen and oxygen atoms in total. The maximum Gasteiger partial charge on any atom is 0.229 e. The van der Waals surface area contributed by atoms with E-state index < -0.39 is 5.41 Å². The maximum absolute atomic E-state index is 12.4. The van der Waals surface area contributed by atoms with Gasteiger partial charge in [-0.25, -0.2) is 4.98 Å². The Kier molecular flexibility index (Phi) is 5.38. The largest absolute Gasteiger partial charge is 0.337 e. The predicted octanol–water partition coefficient (Wildman–Crippen LogP) is 6.58. The number of nitrogens with one attached hydrogen (secondary N) is 3. The van der Waals surface area contributed by atoms with Gasteiger partial charge in [0.05, 0.1) is 40.3 Å². The summed E-state index contributed by atoms with van der Waals surface area (Å²) >= 11 is 1.75. The lowest BCUT2D eigenvalue weighted by Crippen LogP contribution is -2.27. The number of carbonyl (C=O) groups is 1. The van der Waals surface area contributed by atoms with Crippen LogP contribution in [-0.4, -0.2) is 36.0 Å². The number of fused-ring (bicyclic) bond motifs is 2. The number of aromatic nitrogens is 6. The summed E-state index contributed by atoms with van der Waals surface area (Å²) in [5.74, 6) is 0.609. The van der Waals surface area contributed by atoms with Gasteiger partial charge in [-0.15, -0.1) is 11.3 Å². The number of aryl methyl sites for hydroxylation is 1. The van der Waals surface area contributed by atoms with Gasteiger partial charge in [0.2, 0.25) is 5.91 Å². The van der Waals surface area contributed by atoms with Crippen molar-refractivity contribution in [2.75, 3.05) is 5.32 Å². The number of thiophene rings is 1. The highest BCUT2D eigenvalue weighted by atomic mass is 32.1. The number of nitrogens with zero attached hydrogens (tertiary/aromatic N) is 4. The smallest absolute Gasteiger partial charge is 0.229 e. The highest BCUT2D eigenvalue weighted by molar-refractivity contribution is 7.15. The minimum atomic E-state index is -0.506. The van der Waals surface area contributed by atoms with Crippen molar-refractivity contribution in [2.24, 2.45) is 5.41 Å². The molecule has 0 aliphatic carbocycles. The van der Waals surface area contributed by atoms with Gasteiger partial charge < -0.3 is 10.3 Å². The topological polar surface area (TPSA) is 112 Å². The molecule has 37 heavy (non-hydrogen) atoms. The molecule has 0 radical (unpaired) electrons. The maximum atomic E-state index is 12.4. The summed E-state index contributed by atoms with van der Waals surface area (Å²) < 4.78 is 0. The molecule has 0 bridgehead atoms. The first kappa shape index (κ1) is 23.1. The predicted molar refractivity (Wildman–Crippen MR) is 148 cm³/mol. The number of aromatic amines is 2. The van der Waals surface area contributed by atoms with Crippen LogP contribution in [0.15, 0.2) is 61.1 Å². The van der Waals surface area contributed by atoms with E-state index in [2.05, 4.69) is 55.6 Å². The number of amides is 1. The number of H-pyrrole nitrogens is 2. The Morgan fingerprint density at radius 1 is 1.03 bits per heavy atom. The second-order valence-electron chi connectivity index (χ2n) is 10.1. The van der Waals surface area contributed by atoms with Gasteiger partial charge >= 0.3 is 0 Å². The van der Waals surface area contributed by atoms with Crippen molar-refractivity contribution in [3.05, 3.63) is 65.9 Å². The molecule has 6 rings (SSSR count). The SMILES string of the molecule is Cc1ccc(-c2cccc3[nH]c(-c4n[nH]c5cnc(-c6cncc(NC(=O)C(C)(C)C)c6)cc45)nc23)s1. The molecule has 6 aromatic rings. The number of para-hydroxylation sites is 1. The van der Waals surface area contributed by atoms with Gasteiger partial charge in [0.15, 0.2) is 5.82 Å². The molecule has 0 saturated heterocycles. The number of anilines is 1. The van der Waals surface area contributed by atoms with Gasteiger partial charge in [-0.2, -0.15) is 5.10 Å². The van der Waals surface area contributed by atoms with Crippen LogP contribution in [0.4, 0.5) is 5.69 Å². The van der Waals surface area contributed by atoms with Crippen LogP contribution in [0.2, 0.25) is 0 Å². The zero-order valence-corrected chi connectivity index (χ0v) is 21.7. The lowest BCUT2D eigenvalue weighted by atomic mass is 9.95. The molecule has 9 heteroatoms. The molecule has 1 aromatic carbocycles. The van der Waals surface area contributed by atoms with E-state index in [1.807, 2.05) is 45.0 Å². The molecule has 1 amide bonds. The Bertz CT molecular complexity index is 1790. The Morgan fingerprint density at radius 2 is 1.89 bits per heavy atom. The van der Waals surface area contributed by atoms with Gasteiger partial charge in [-0.1, -0.05) is 32.9 Å². The number of carbonyl (C=O) groups excluding carboxylic acids is 1.